The first-order chi connectivity index (χ1) is 7.11. The number of hydroxylamine groups is 1. The van der Waals surface area contributed by atoms with Crippen LogP contribution in [0.2, 0.25) is 0 Å². The molecule has 80 valence electrons. The number of hydrogen-bond donors (Lipinski definition) is 0. The quantitative estimate of drug-likeness (QED) is 0.276. The maximum Gasteiger partial charge on any atom is 0.373 e. The van der Waals surface area contributed by atoms with E-state index in [1.807, 2.05) is 12.1 Å². The topological polar surface area (TPSA) is 52.4 Å². The molecule has 0 saturated carbocycles. The molecule has 0 aliphatic heterocycles. The van der Waals surface area contributed by atoms with Crippen molar-refractivity contribution >= 4 is 28.1 Å². The van der Waals surface area contributed by atoms with E-state index in [9.17, 15) is 10.0 Å². The summed E-state index contributed by atoms with van der Waals surface area (Å²) >= 11 is 3.28. The molecule has 0 amide bonds. The summed E-state index contributed by atoms with van der Waals surface area (Å²) in [6.45, 7) is -0.299. The zero-order valence-electron chi connectivity index (χ0n) is 8.14. The average molecular weight is 272 g/mol. The van der Waals surface area contributed by atoms with E-state index in [0.717, 1.165) is 10.0 Å². The van der Waals surface area contributed by atoms with Crippen molar-refractivity contribution in [3.05, 3.63) is 39.5 Å². The Morgan fingerprint density at radius 1 is 1.53 bits per heavy atom. The molecule has 4 nitrogen and oxygen atoms in total. The highest BCUT2D eigenvalue weighted by molar-refractivity contribution is 9.10. The molecule has 0 radical (unpaired) electrons. The summed E-state index contributed by atoms with van der Waals surface area (Å²) in [5, 5.41) is 11.2. The van der Waals surface area contributed by atoms with Gasteiger partial charge in [0.15, 0.2) is 6.21 Å². The number of hydrogen-bond acceptors (Lipinski definition) is 3. The van der Waals surface area contributed by atoms with E-state index in [4.69, 9.17) is 0 Å². The molecule has 0 spiro atoms. The first kappa shape index (κ1) is 11.7. The fourth-order valence-electron chi connectivity index (χ4n) is 0.953. The maximum atomic E-state index is 11.2. The molecule has 0 fully saturated rings. The molecular weight excluding hydrogens is 262 g/mol. The zero-order chi connectivity index (χ0) is 11.3. The van der Waals surface area contributed by atoms with Gasteiger partial charge in [0, 0.05) is 10.0 Å². The Morgan fingerprint density at radius 3 is 2.67 bits per heavy atom. The first-order valence-electron chi connectivity index (χ1n) is 4.23. The second-order valence-corrected chi connectivity index (χ2v) is 3.75. The third-order valence-corrected chi connectivity index (χ3v) is 2.20. The van der Waals surface area contributed by atoms with Gasteiger partial charge >= 0.3 is 5.97 Å². The van der Waals surface area contributed by atoms with E-state index >= 15 is 0 Å². The average Bonchev–Trinajstić information content (AvgIpc) is 2.21. The number of nitrogens with zero attached hydrogens (tertiary/aromatic N) is 1. The Morgan fingerprint density at radius 2 is 2.13 bits per heavy atom. The summed E-state index contributed by atoms with van der Waals surface area (Å²) in [7, 11) is 1.25. The number of rotatable bonds is 3. The van der Waals surface area contributed by atoms with E-state index in [1.165, 1.54) is 13.3 Å². The van der Waals surface area contributed by atoms with Crippen molar-refractivity contribution in [1.29, 1.82) is 0 Å². The second kappa shape index (κ2) is 5.50. The normalized spacial score (nSPS) is 11.2. The predicted molar refractivity (Wildman–Crippen MR) is 59.8 cm³/mol. The standard InChI is InChI=1S/C10H10BrNO3/c1-15-10(13)7-12(14)6-8-2-4-9(11)5-3-8/h2-6H,7H2,1H3/b12-6-. The zero-order valence-corrected chi connectivity index (χ0v) is 9.73. The van der Waals surface area contributed by atoms with Crippen LogP contribution in [0.3, 0.4) is 0 Å². The lowest BCUT2D eigenvalue weighted by molar-refractivity contribution is -0.442. The van der Waals surface area contributed by atoms with Gasteiger partial charge in [0.05, 0.1) is 7.11 Å². The lowest BCUT2D eigenvalue weighted by atomic mass is 10.2. The lowest BCUT2D eigenvalue weighted by Crippen LogP contribution is -2.18. The van der Waals surface area contributed by atoms with Crippen LogP contribution >= 0.6 is 15.9 Å². The van der Waals surface area contributed by atoms with Crippen molar-refractivity contribution in [1.82, 2.24) is 0 Å². The monoisotopic (exact) mass is 271 g/mol. The molecule has 0 aliphatic carbocycles. The molecular formula is C10H10BrNO3. The maximum absolute atomic E-state index is 11.2. The Bertz CT molecular complexity index is 373. The van der Waals surface area contributed by atoms with Crippen LogP contribution in [0.1, 0.15) is 5.56 Å². The molecule has 5 heteroatoms. The van der Waals surface area contributed by atoms with E-state index < -0.39 is 5.97 Å². The fraction of sp³-hybridized carbons (Fsp3) is 0.200. The molecule has 0 atom stereocenters. The predicted octanol–water partition coefficient (Wildman–Crippen LogP) is 1.55. The van der Waals surface area contributed by atoms with E-state index in [-0.39, 0.29) is 6.54 Å². The lowest BCUT2D eigenvalue weighted by Gasteiger charge is -2.02. The van der Waals surface area contributed by atoms with Crippen LogP contribution in [0.25, 0.3) is 0 Å². The molecule has 1 aromatic carbocycles. The number of ether oxygens (including phenoxy) is 1. The van der Waals surface area contributed by atoms with Gasteiger partial charge in [0.2, 0.25) is 6.54 Å². The van der Waals surface area contributed by atoms with Crippen LogP contribution in [0.15, 0.2) is 28.7 Å². The minimum atomic E-state index is -0.557. The number of benzene rings is 1. The molecule has 0 unspecified atom stereocenters. The SMILES string of the molecule is COC(=O)C/[N+]([O-])=C/c1ccc(Br)cc1. The minimum Gasteiger partial charge on any atom is -0.623 e. The summed E-state index contributed by atoms with van der Waals surface area (Å²) in [6.07, 6.45) is 1.34. The Labute approximate surface area is 95.9 Å². The summed E-state index contributed by atoms with van der Waals surface area (Å²) in [6, 6.07) is 7.17. The van der Waals surface area contributed by atoms with Crippen molar-refractivity contribution < 1.29 is 14.3 Å². The van der Waals surface area contributed by atoms with Crippen LogP contribution in [0.5, 0.6) is 0 Å². The molecule has 15 heavy (non-hydrogen) atoms. The van der Waals surface area contributed by atoms with Crippen LogP contribution < -0.4 is 0 Å². The smallest absolute Gasteiger partial charge is 0.373 e. The molecule has 0 N–H and O–H groups in total. The Hall–Kier alpha value is -1.36. The highest BCUT2D eigenvalue weighted by atomic mass is 79.9. The number of methoxy groups -OCH3 is 1. The van der Waals surface area contributed by atoms with Crippen LogP contribution in [0.4, 0.5) is 0 Å². The van der Waals surface area contributed by atoms with Gasteiger partial charge in [-0.15, -0.1) is 0 Å². The van der Waals surface area contributed by atoms with Crippen molar-refractivity contribution in [2.24, 2.45) is 0 Å². The highest BCUT2D eigenvalue weighted by Gasteiger charge is 2.05. The number of carbonyl (C=O) groups is 1. The van der Waals surface area contributed by atoms with E-state index in [0.29, 0.717) is 4.74 Å². The summed E-state index contributed by atoms with van der Waals surface area (Å²) in [4.78, 5) is 10.8. The number of carbonyl (C=O) groups excluding carboxylic acids is 1. The van der Waals surface area contributed by atoms with Crippen molar-refractivity contribution in [3.8, 4) is 0 Å². The van der Waals surface area contributed by atoms with E-state index in [1.54, 1.807) is 12.1 Å². The van der Waals surface area contributed by atoms with Crippen molar-refractivity contribution in [2.45, 2.75) is 0 Å². The summed E-state index contributed by atoms with van der Waals surface area (Å²) in [5.41, 5.74) is 0.733. The Kier molecular flexibility index (Phi) is 4.30. The van der Waals surface area contributed by atoms with Crippen LogP contribution in [-0.4, -0.2) is 30.6 Å². The molecule has 0 aromatic heterocycles. The molecule has 0 bridgehead atoms. The molecule has 0 saturated heterocycles. The van der Waals surface area contributed by atoms with Gasteiger partial charge in [0.25, 0.3) is 0 Å². The van der Waals surface area contributed by atoms with Crippen molar-refractivity contribution in [3.63, 3.8) is 0 Å². The molecule has 0 heterocycles. The van der Waals surface area contributed by atoms with Crippen molar-refractivity contribution in [2.75, 3.05) is 13.7 Å². The fourth-order valence-corrected chi connectivity index (χ4v) is 1.22. The third kappa shape index (κ3) is 4.12. The van der Waals surface area contributed by atoms with Gasteiger partial charge in [-0.2, -0.15) is 4.74 Å². The van der Waals surface area contributed by atoms with Gasteiger partial charge in [-0.25, -0.2) is 4.79 Å². The van der Waals surface area contributed by atoms with Gasteiger partial charge in [-0.1, -0.05) is 15.9 Å². The Balaban J connectivity index is 2.70. The molecule has 0 aliphatic rings. The highest BCUT2D eigenvalue weighted by Crippen LogP contribution is 2.08. The summed E-state index contributed by atoms with van der Waals surface area (Å²) in [5.74, 6) is -0.557. The number of halogens is 1. The number of esters is 1. The van der Waals surface area contributed by atoms with Gasteiger partial charge < -0.3 is 9.94 Å². The van der Waals surface area contributed by atoms with Crippen LogP contribution in [0, 0.1) is 5.21 Å². The molecule has 1 rings (SSSR count). The van der Waals surface area contributed by atoms with Crippen LogP contribution in [-0.2, 0) is 9.53 Å². The van der Waals surface area contributed by atoms with E-state index in [2.05, 4.69) is 20.7 Å². The molecule has 1 aromatic rings. The second-order valence-electron chi connectivity index (χ2n) is 2.83. The van der Waals surface area contributed by atoms with Gasteiger partial charge in [-0.3, -0.25) is 0 Å². The summed E-state index contributed by atoms with van der Waals surface area (Å²) < 4.78 is 5.84. The first-order valence-corrected chi connectivity index (χ1v) is 5.02. The largest absolute Gasteiger partial charge is 0.623 e. The third-order valence-electron chi connectivity index (χ3n) is 1.68. The van der Waals surface area contributed by atoms with Gasteiger partial charge in [-0.05, 0) is 24.3 Å². The minimum absolute atomic E-state index is 0.299. The van der Waals surface area contributed by atoms with Gasteiger partial charge in [0.1, 0.15) is 0 Å².